The Hall–Kier alpha value is -10.2. The molecule has 0 aliphatic rings. The molecule has 0 bridgehead atoms. The second kappa shape index (κ2) is 18.5. The molecule has 75 heavy (non-hydrogen) atoms. The number of oxazole rings is 1. The monoisotopic (exact) mass is 961 g/mol. The van der Waals surface area contributed by atoms with E-state index in [4.69, 9.17) is 9.40 Å². The van der Waals surface area contributed by atoms with Gasteiger partial charge in [0.2, 0.25) is 5.89 Å². The molecule has 0 radical (unpaired) electrons. The summed E-state index contributed by atoms with van der Waals surface area (Å²) in [6, 6.07) is 102. The van der Waals surface area contributed by atoms with Crippen LogP contribution in [0.4, 0.5) is 51.2 Å². The largest absolute Gasteiger partial charge is 0.435 e. The first-order valence-electron chi connectivity index (χ1n) is 25.4. The van der Waals surface area contributed by atoms with E-state index >= 15 is 0 Å². The van der Waals surface area contributed by atoms with Gasteiger partial charge in [0, 0.05) is 61.5 Å². The first kappa shape index (κ1) is 43.6. The second-order valence-electron chi connectivity index (χ2n) is 18.8. The number of aromatic nitrogens is 2. The molecule has 0 spiro atoms. The molecule has 0 atom stereocenters. The third kappa shape index (κ3) is 7.80. The second-order valence-corrected chi connectivity index (χ2v) is 18.8. The van der Waals surface area contributed by atoms with Gasteiger partial charge in [-0.25, -0.2) is 4.98 Å². The van der Waals surface area contributed by atoms with E-state index in [1.165, 1.54) is 10.8 Å². The summed E-state index contributed by atoms with van der Waals surface area (Å²) < 4.78 is 9.21. The maximum Gasteiger partial charge on any atom is 0.227 e. The molecule has 14 aromatic rings. The molecule has 0 N–H and O–H groups in total. The van der Waals surface area contributed by atoms with E-state index in [1.54, 1.807) is 0 Å². The van der Waals surface area contributed by atoms with Crippen LogP contribution in [0.25, 0.3) is 71.6 Å². The molecule has 0 fully saturated rings. The molecule has 2 aromatic heterocycles. The molecule has 0 aliphatic heterocycles. The van der Waals surface area contributed by atoms with Crippen LogP contribution in [0.2, 0.25) is 0 Å². The van der Waals surface area contributed by atoms with E-state index in [9.17, 15) is 0 Å². The van der Waals surface area contributed by atoms with Crippen LogP contribution < -0.4 is 14.7 Å². The minimum absolute atomic E-state index is 0.599. The summed E-state index contributed by atoms with van der Waals surface area (Å²) in [4.78, 5) is 12.1. The van der Waals surface area contributed by atoms with Crippen molar-refractivity contribution in [1.82, 2.24) is 9.55 Å². The quantitative estimate of drug-likeness (QED) is 0.121. The minimum Gasteiger partial charge on any atom is -0.435 e. The third-order valence-electron chi connectivity index (χ3n) is 14.3. The first-order valence-corrected chi connectivity index (χ1v) is 25.4. The number of benzene rings is 12. The van der Waals surface area contributed by atoms with Crippen molar-refractivity contribution < 1.29 is 4.42 Å². The Morgan fingerprint density at radius 2 is 0.720 bits per heavy atom. The summed E-state index contributed by atoms with van der Waals surface area (Å²) in [6.07, 6.45) is 0. The Morgan fingerprint density at radius 3 is 1.28 bits per heavy atom. The highest BCUT2D eigenvalue weighted by Crippen LogP contribution is 2.47. The molecule has 2 heterocycles. The molecule has 0 saturated carbocycles. The van der Waals surface area contributed by atoms with E-state index in [0.29, 0.717) is 5.89 Å². The van der Waals surface area contributed by atoms with E-state index in [0.717, 1.165) is 106 Å². The standard InChI is InChI=1S/C69H47N5O/c1-6-21-50(22-7-1)69-70-64-42-40-49-38-37-48-39-41-57(47-63(48)67(49)68(64)75-69)73(56-32-20-31-55(43-56)71(51-23-8-2-9-24-51)52-25-10-3-11-26-52)59-44-58(72(53-27-12-4-13-28-53)54-29-14-5-15-30-54)45-60(46-59)74-65-35-18-16-33-61(65)62-34-17-19-36-66(62)74/h1-47H. The molecular formula is C69H47N5O. The summed E-state index contributed by atoms with van der Waals surface area (Å²) >= 11 is 0. The van der Waals surface area contributed by atoms with Gasteiger partial charge in [-0.05, 0) is 144 Å². The van der Waals surface area contributed by atoms with Crippen LogP contribution in [0.5, 0.6) is 0 Å². The lowest BCUT2D eigenvalue weighted by Gasteiger charge is -2.32. The molecule has 6 nitrogen and oxygen atoms in total. The summed E-state index contributed by atoms with van der Waals surface area (Å²) in [5.41, 5.74) is 15.0. The van der Waals surface area contributed by atoms with Crippen LogP contribution in [0.3, 0.4) is 0 Å². The van der Waals surface area contributed by atoms with Crippen molar-refractivity contribution in [2.75, 3.05) is 14.7 Å². The van der Waals surface area contributed by atoms with Gasteiger partial charge in [-0.1, -0.05) is 158 Å². The lowest BCUT2D eigenvalue weighted by atomic mass is 10.00. The fourth-order valence-electron chi connectivity index (χ4n) is 10.9. The SMILES string of the molecule is c1ccc(-c2nc3ccc4ccc5ccc(N(c6cccc(N(c7ccccc7)c7ccccc7)c6)c6cc(N(c7ccccc7)c7ccccc7)cc(-n7c8ccccc8c8ccccc87)c6)cc5c4c3o2)cc1. The molecule has 12 aromatic carbocycles. The zero-order valence-corrected chi connectivity index (χ0v) is 40.8. The number of anilines is 9. The smallest absolute Gasteiger partial charge is 0.227 e. The lowest BCUT2D eigenvalue weighted by Crippen LogP contribution is -2.15. The average molecular weight is 962 g/mol. The molecule has 354 valence electrons. The van der Waals surface area contributed by atoms with E-state index < -0.39 is 0 Å². The number of nitrogens with zero attached hydrogens (tertiary/aromatic N) is 5. The number of fused-ring (bicyclic) bond motifs is 8. The molecule has 0 saturated heterocycles. The average Bonchev–Trinajstić information content (AvgIpc) is 4.09. The van der Waals surface area contributed by atoms with Gasteiger partial charge in [-0.2, -0.15) is 0 Å². The van der Waals surface area contributed by atoms with Crippen LogP contribution in [0, 0.1) is 0 Å². The van der Waals surface area contributed by atoms with Gasteiger partial charge in [-0.15, -0.1) is 0 Å². The van der Waals surface area contributed by atoms with Crippen molar-refractivity contribution in [2.24, 2.45) is 0 Å². The Labute approximate surface area is 434 Å². The van der Waals surface area contributed by atoms with Gasteiger partial charge in [0.25, 0.3) is 0 Å². The Kier molecular flexibility index (Phi) is 10.7. The van der Waals surface area contributed by atoms with Gasteiger partial charge < -0.3 is 23.7 Å². The summed E-state index contributed by atoms with van der Waals surface area (Å²) in [7, 11) is 0. The highest BCUT2D eigenvalue weighted by molar-refractivity contribution is 6.19. The topological polar surface area (TPSA) is 40.7 Å². The number of rotatable bonds is 11. The fraction of sp³-hybridized carbons (Fsp3) is 0. The van der Waals surface area contributed by atoms with Crippen LogP contribution >= 0.6 is 0 Å². The third-order valence-corrected chi connectivity index (χ3v) is 14.3. The minimum atomic E-state index is 0.599. The van der Waals surface area contributed by atoms with Crippen LogP contribution in [0.15, 0.2) is 290 Å². The van der Waals surface area contributed by atoms with E-state index in [1.807, 2.05) is 30.3 Å². The highest BCUT2D eigenvalue weighted by Gasteiger charge is 2.24. The molecule has 6 heteroatoms. The van der Waals surface area contributed by atoms with Crippen molar-refractivity contribution >= 4 is 106 Å². The molecule has 0 aliphatic carbocycles. The van der Waals surface area contributed by atoms with Gasteiger partial charge >= 0.3 is 0 Å². The Balaban J connectivity index is 1.07. The van der Waals surface area contributed by atoms with Crippen LogP contribution in [0.1, 0.15) is 0 Å². The van der Waals surface area contributed by atoms with Crippen LogP contribution in [-0.2, 0) is 0 Å². The van der Waals surface area contributed by atoms with Crippen molar-refractivity contribution in [3.05, 3.63) is 285 Å². The number of hydrogen-bond donors (Lipinski definition) is 0. The van der Waals surface area contributed by atoms with Gasteiger partial charge in [0.15, 0.2) is 5.58 Å². The number of para-hydroxylation sites is 6. The number of hydrogen-bond acceptors (Lipinski definition) is 5. The fourth-order valence-corrected chi connectivity index (χ4v) is 10.9. The zero-order valence-electron chi connectivity index (χ0n) is 40.8. The van der Waals surface area contributed by atoms with Crippen molar-refractivity contribution in [1.29, 1.82) is 0 Å². The Bertz CT molecular complexity index is 4230. The van der Waals surface area contributed by atoms with Crippen molar-refractivity contribution in [3.63, 3.8) is 0 Å². The predicted molar refractivity (Wildman–Crippen MR) is 313 cm³/mol. The summed E-state index contributed by atoms with van der Waals surface area (Å²) in [6.45, 7) is 0. The highest BCUT2D eigenvalue weighted by atomic mass is 16.3. The molecule has 0 unspecified atom stereocenters. The van der Waals surface area contributed by atoms with Gasteiger partial charge in [0.05, 0.1) is 28.1 Å². The Morgan fingerprint density at radius 1 is 0.307 bits per heavy atom. The zero-order chi connectivity index (χ0) is 49.7. The lowest BCUT2D eigenvalue weighted by molar-refractivity contribution is 0.623. The maximum absolute atomic E-state index is 6.79. The van der Waals surface area contributed by atoms with Crippen molar-refractivity contribution in [3.8, 4) is 17.1 Å². The van der Waals surface area contributed by atoms with Crippen molar-refractivity contribution in [2.45, 2.75) is 0 Å². The predicted octanol–water partition coefficient (Wildman–Crippen LogP) is 19.3. The van der Waals surface area contributed by atoms with E-state index in [2.05, 4.69) is 274 Å². The normalized spacial score (nSPS) is 11.5. The maximum atomic E-state index is 6.79. The molecular weight excluding hydrogens is 915 g/mol. The van der Waals surface area contributed by atoms with Crippen LogP contribution in [-0.4, -0.2) is 9.55 Å². The van der Waals surface area contributed by atoms with Gasteiger partial charge in [0.1, 0.15) is 5.52 Å². The summed E-state index contributed by atoms with van der Waals surface area (Å²) in [5, 5.41) is 6.67. The molecule has 14 rings (SSSR count). The molecule has 0 amide bonds. The summed E-state index contributed by atoms with van der Waals surface area (Å²) in [5.74, 6) is 0.599. The van der Waals surface area contributed by atoms with Gasteiger partial charge in [-0.3, -0.25) is 0 Å². The van der Waals surface area contributed by atoms with E-state index in [-0.39, 0.29) is 0 Å². The first-order chi connectivity index (χ1) is 37.2.